The Hall–Kier alpha value is -4.44. The van der Waals surface area contributed by atoms with Crippen molar-refractivity contribution in [2.75, 3.05) is 5.73 Å². The van der Waals surface area contributed by atoms with Crippen LogP contribution in [0.2, 0.25) is 5.02 Å². The molecule has 0 saturated heterocycles. The van der Waals surface area contributed by atoms with Crippen molar-refractivity contribution in [1.29, 1.82) is 0 Å². The average molecular weight is 465 g/mol. The van der Waals surface area contributed by atoms with Crippen LogP contribution in [0.25, 0.3) is 11.3 Å². The summed E-state index contributed by atoms with van der Waals surface area (Å²) >= 11 is 6.08. The maximum absolute atomic E-state index is 12.3. The van der Waals surface area contributed by atoms with Crippen molar-refractivity contribution in [3.05, 3.63) is 88.3 Å². The van der Waals surface area contributed by atoms with Gasteiger partial charge in [0.1, 0.15) is 18.1 Å². The first-order valence-electron chi connectivity index (χ1n) is 9.57. The predicted octanol–water partition coefficient (Wildman–Crippen LogP) is 3.66. The lowest BCUT2D eigenvalue weighted by Crippen LogP contribution is -2.15. The fourth-order valence-corrected chi connectivity index (χ4v) is 2.95. The largest absolute Gasteiger partial charge is 0.457 e. The third-order valence-electron chi connectivity index (χ3n) is 4.46. The number of carbonyl (C=O) groups excluding carboxylic acids is 1. The summed E-state index contributed by atoms with van der Waals surface area (Å²) in [6, 6.07) is 17.5. The minimum absolute atomic E-state index is 0.0166. The first-order valence-corrected chi connectivity index (χ1v) is 9.95. The van der Waals surface area contributed by atoms with E-state index < -0.39 is 5.97 Å². The van der Waals surface area contributed by atoms with Gasteiger partial charge in [-0.1, -0.05) is 41.9 Å². The normalized spacial score (nSPS) is 11.7. The van der Waals surface area contributed by atoms with Gasteiger partial charge >= 0.3 is 5.97 Å². The zero-order chi connectivity index (χ0) is 23.2. The number of hydrogen-bond donors (Lipinski definition) is 2. The first kappa shape index (κ1) is 21.8. The van der Waals surface area contributed by atoms with E-state index in [-0.39, 0.29) is 24.0 Å². The number of halogens is 1. The van der Waals surface area contributed by atoms with Crippen molar-refractivity contribution in [2.24, 2.45) is 15.9 Å². The summed E-state index contributed by atoms with van der Waals surface area (Å²) < 4.78 is 15.5. The van der Waals surface area contributed by atoms with Gasteiger partial charge in [0.25, 0.3) is 0 Å². The summed E-state index contributed by atoms with van der Waals surface area (Å²) in [5, 5.41) is 15.1. The fourth-order valence-electron chi connectivity index (χ4n) is 2.76. The van der Waals surface area contributed by atoms with E-state index in [0.717, 1.165) is 11.1 Å². The summed E-state index contributed by atoms with van der Waals surface area (Å²) in [6.45, 7) is 0.0912. The van der Waals surface area contributed by atoms with Crippen LogP contribution < -0.4 is 11.5 Å². The Morgan fingerprint density at radius 1 is 1.09 bits per heavy atom. The molecule has 166 valence electrons. The molecule has 0 aliphatic heterocycles. The summed E-state index contributed by atoms with van der Waals surface area (Å²) in [4.78, 5) is 12.3. The maximum Gasteiger partial charge on any atom is 0.338 e. The first-order chi connectivity index (χ1) is 16.0. The van der Waals surface area contributed by atoms with Gasteiger partial charge in [0.2, 0.25) is 0 Å². The molecule has 4 aromatic rings. The molecule has 0 spiro atoms. The number of anilines is 1. The Morgan fingerprint density at radius 3 is 2.61 bits per heavy atom. The number of esters is 1. The number of furan rings is 1. The number of nitrogens with two attached hydrogens (primary N) is 2. The molecule has 0 unspecified atom stereocenters. The second-order valence-corrected chi connectivity index (χ2v) is 7.08. The molecular formula is C22H17ClN6O4. The van der Waals surface area contributed by atoms with Gasteiger partial charge < -0.3 is 20.6 Å². The highest BCUT2D eigenvalue weighted by Crippen LogP contribution is 2.23. The second-order valence-electron chi connectivity index (χ2n) is 6.67. The van der Waals surface area contributed by atoms with Gasteiger partial charge in [-0.15, -0.1) is 5.10 Å². The zero-order valence-electron chi connectivity index (χ0n) is 17.0. The van der Waals surface area contributed by atoms with Crippen molar-refractivity contribution in [2.45, 2.75) is 6.61 Å². The molecule has 0 saturated carbocycles. The second kappa shape index (κ2) is 9.79. The summed E-state index contributed by atoms with van der Waals surface area (Å²) in [6.07, 6.45) is 1.38. The molecular weight excluding hydrogens is 448 g/mol. The number of rotatable bonds is 7. The molecule has 4 N–H and O–H groups in total. The van der Waals surface area contributed by atoms with Gasteiger partial charge in [0, 0.05) is 16.1 Å². The molecule has 0 amide bonds. The van der Waals surface area contributed by atoms with Crippen LogP contribution in [0.1, 0.15) is 27.4 Å². The molecule has 2 heterocycles. The van der Waals surface area contributed by atoms with Crippen LogP contribution >= 0.6 is 11.6 Å². The van der Waals surface area contributed by atoms with Gasteiger partial charge in [0.15, 0.2) is 17.3 Å². The van der Waals surface area contributed by atoms with Crippen molar-refractivity contribution >= 4 is 35.4 Å². The number of ether oxygens (including phenoxy) is 1. The Bertz CT molecular complexity index is 1330. The number of nitrogens with zero attached hydrogens (tertiary/aromatic N) is 4. The lowest BCUT2D eigenvalue weighted by molar-refractivity contribution is 0.0473. The fraction of sp³-hybridized carbons (Fsp3) is 0.0455. The highest BCUT2D eigenvalue weighted by Gasteiger charge is 2.11. The highest BCUT2D eigenvalue weighted by molar-refractivity contribution is 6.31. The molecule has 0 radical (unpaired) electrons. The van der Waals surface area contributed by atoms with Gasteiger partial charge in [-0.3, -0.25) is 0 Å². The minimum atomic E-state index is -0.452. The van der Waals surface area contributed by atoms with Crippen LogP contribution in [0, 0.1) is 0 Å². The molecule has 0 fully saturated rings. The highest BCUT2D eigenvalue weighted by atomic mass is 35.5. The smallest absolute Gasteiger partial charge is 0.338 e. The number of hydrogen-bond acceptors (Lipinski definition) is 9. The maximum atomic E-state index is 12.3. The van der Waals surface area contributed by atoms with E-state index in [1.807, 2.05) is 12.1 Å². The Labute approximate surface area is 192 Å². The van der Waals surface area contributed by atoms with Gasteiger partial charge in [-0.05, 0) is 40.6 Å². The van der Waals surface area contributed by atoms with E-state index in [0.29, 0.717) is 22.1 Å². The van der Waals surface area contributed by atoms with E-state index >= 15 is 0 Å². The Morgan fingerprint density at radius 2 is 1.88 bits per heavy atom. The standard InChI is InChI=1S/C22H17ClN6O4/c23-17-4-2-1-3-15(17)12-31-22(30)14-7-5-13(6-8-14)18-10-9-16(32-18)11-26-27-20(24)19-21(25)29-33-28-19/h1-11H,12H2,(H2,24,27)(H2,25,29). The van der Waals surface area contributed by atoms with Crippen molar-refractivity contribution in [3.8, 4) is 11.3 Å². The molecule has 0 aliphatic rings. The van der Waals surface area contributed by atoms with Crippen LogP contribution in [0.15, 0.2) is 79.9 Å². The Kier molecular flexibility index (Phi) is 6.46. The molecule has 2 aromatic heterocycles. The van der Waals surface area contributed by atoms with Crippen molar-refractivity contribution in [3.63, 3.8) is 0 Å². The Balaban J connectivity index is 1.38. The predicted molar refractivity (Wildman–Crippen MR) is 122 cm³/mol. The summed E-state index contributed by atoms with van der Waals surface area (Å²) in [7, 11) is 0. The number of aromatic nitrogens is 2. The van der Waals surface area contributed by atoms with E-state index in [1.165, 1.54) is 6.21 Å². The molecule has 0 atom stereocenters. The molecule has 0 bridgehead atoms. The van der Waals surface area contributed by atoms with Crippen molar-refractivity contribution in [1.82, 2.24) is 10.3 Å². The minimum Gasteiger partial charge on any atom is -0.457 e. The van der Waals surface area contributed by atoms with Crippen LogP contribution in [0.3, 0.4) is 0 Å². The molecule has 2 aromatic carbocycles. The van der Waals surface area contributed by atoms with Gasteiger partial charge in [-0.25, -0.2) is 9.42 Å². The molecule has 10 nitrogen and oxygen atoms in total. The zero-order valence-corrected chi connectivity index (χ0v) is 17.8. The topological polar surface area (TPSA) is 155 Å². The molecule has 4 rings (SSSR count). The van der Waals surface area contributed by atoms with Crippen LogP contribution in [0.5, 0.6) is 0 Å². The number of carbonyl (C=O) groups is 1. The van der Waals surface area contributed by atoms with Crippen LogP contribution in [0.4, 0.5) is 5.82 Å². The molecule has 0 aliphatic carbocycles. The monoisotopic (exact) mass is 464 g/mol. The number of amidine groups is 1. The lowest BCUT2D eigenvalue weighted by atomic mass is 10.1. The molecule has 33 heavy (non-hydrogen) atoms. The number of benzene rings is 2. The average Bonchev–Trinajstić information content (AvgIpc) is 3.47. The number of nitrogen functional groups attached to an aromatic ring is 1. The lowest BCUT2D eigenvalue weighted by Gasteiger charge is -2.07. The summed E-state index contributed by atoms with van der Waals surface area (Å²) in [5.41, 5.74) is 13.3. The SMILES string of the molecule is N/C(=N\N=Cc1ccc(-c2ccc(C(=O)OCc3ccccc3Cl)cc2)o1)c1nonc1N. The third-order valence-corrected chi connectivity index (χ3v) is 4.82. The van der Waals surface area contributed by atoms with Gasteiger partial charge in [-0.2, -0.15) is 5.10 Å². The van der Waals surface area contributed by atoms with Crippen molar-refractivity contribution < 1.29 is 18.6 Å². The molecule has 11 heteroatoms. The van der Waals surface area contributed by atoms with Gasteiger partial charge in [0.05, 0.1) is 11.8 Å². The van der Waals surface area contributed by atoms with E-state index in [4.69, 9.17) is 32.2 Å². The van der Waals surface area contributed by atoms with Crippen LogP contribution in [-0.4, -0.2) is 28.3 Å². The quantitative estimate of drug-likeness (QED) is 0.181. The third kappa shape index (κ3) is 5.25. The van der Waals surface area contributed by atoms with Crippen LogP contribution in [-0.2, 0) is 11.3 Å². The van der Waals surface area contributed by atoms with E-state index in [9.17, 15) is 4.79 Å². The van der Waals surface area contributed by atoms with E-state index in [2.05, 4.69) is 25.1 Å². The van der Waals surface area contributed by atoms with E-state index in [1.54, 1.807) is 48.5 Å². The summed E-state index contributed by atoms with van der Waals surface area (Å²) in [5.74, 6) is 0.536.